The number of benzene rings is 2. The summed E-state index contributed by atoms with van der Waals surface area (Å²) < 4.78 is 28.8. The molecular formula is C13H10ClF2NO. The van der Waals surface area contributed by atoms with Crippen molar-refractivity contribution >= 4 is 17.3 Å². The van der Waals surface area contributed by atoms with Crippen molar-refractivity contribution in [3.05, 3.63) is 47.5 Å². The van der Waals surface area contributed by atoms with Gasteiger partial charge in [0, 0.05) is 10.6 Å². The monoisotopic (exact) mass is 269 g/mol. The molecule has 5 heteroatoms. The van der Waals surface area contributed by atoms with E-state index in [1.807, 2.05) is 6.07 Å². The molecule has 2 nitrogen and oxygen atoms in total. The minimum Gasteiger partial charge on any atom is -0.433 e. The molecule has 0 unspecified atom stereocenters. The molecule has 0 heterocycles. The number of alkyl halides is 2. The van der Waals surface area contributed by atoms with E-state index in [1.54, 1.807) is 24.3 Å². The van der Waals surface area contributed by atoms with Gasteiger partial charge >= 0.3 is 6.61 Å². The molecule has 0 amide bonds. The van der Waals surface area contributed by atoms with Crippen LogP contribution in [0.1, 0.15) is 0 Å². The second-order valence-corrected chi connectivity index (χ2v) is 4.02. The van der Waals surface area contributed by atoms with Gasteiger partial charge in [-0.05, 0) is 23.8 Å². The summed E-state index contributed by atoms with van der Waals surface area (Å²) in [6.07, 6.45) is 0. The van der Waals surface area contributed by atoms with Gasteiger partial charge in [-0.3, -0.25) is 0 Å². The second-order valence-electron chi connectivity index (χ2n) is 3.61. The molecule has 0 aliphatic rings. The summed E-state index contributed by atoms with van der Waals surface area (Å²) in [6, 6.07) is 11.8. The van der Waals surface area contributed by atoms with E-state index < -0.39 is 6.61 Å². The first-order chi connectivity index (χ1) is 8.58. The Hall–Kier alpha value is -1.81. The molecule has 2 rings (SSSR count). The zero-order valence-corrected chi connectivity index (χ0v) is 9.99. The largest absolute Gasteiger partial charge is 0.433 e. The van der Waals surface area contributed by atoms with E-state index in [-0.39, 0.29) is 11.4 Å². The van der Waals surface area contributed by atoms with Gasteiger partial charge in [-0.2, -0.15) is 8.78 Å². The Morgan fingerprint density at radius 2 is 1.83 bits per heavy atom. The van der Waals surface area contributed by atoms with Crippen molar-refractivity contribution in [2.45, 2.75) is 6.61 Å². The van der Waals surface area contributed by atoms with Crippen LogP contribution < -0.4 is 10.5 Å². The lowest BCUT2D eigenvalue weighted by Crippen LogP contribution is -2.04. The van der Waals surface area contributed by atoms with Crippen LogP contribution in [0, 0.1) is 0 Å². The summed E-state index contributed by atoms with van der Waals surface area (Å²) in [4.78, 5) is 0. The van der Waals surface area contributed by atoms with E-state index in [0.29, 0.717) is 10.6 Å². The van der Waals surface area contributed by atoms with Gasteiger partial charge in [0.05, 0.1) is 5.69 Å². The minimum absolute atomic E-state index is 0.0533. The van der Waals surface area contributed by atoms with E-state index in [0.717, 1.165) is 5.56 Å². The van der Waals surface area contributed by atoms with Crippen molar-refractivity contribution in [3.63, 3.8) is 0 Å². The van der Waals surface area contributed by atoms with Gasteiger partial charge < -0.3 is 10.5 Å². The van der Waals surface area contributed by atoms with Gasteiger partial charge in [0.15, 0.2) is 0 Å². The Kier molecular flexibility index (Phi) is 3.67. The molecule has 0 fully saturated rings. The quantitative estimate of drug-likeness (QED) is 0.848. The second kappa shape index (κ2) is 5.23. The topological polar surface area (TPSA) is 35.2 Å². The molecule has 0 saturated heterocycles. The predicted octanol–water partition coefficient (Wildman–Crippen LogP) is 4.19. The molecule has 2 N–H and O–H groups in total. The number of hydrogen-bond donors (Lipinski definition) is 1. The van der Waals surface area contributed by atoms with Crippen LogP contribution in [0.15, 0.2) is 42.5 Å². The Balaban J connectivity index is 2.44. The van der Waals surface area contributed by atoms with Gasteiger partial charge in [0.25, 0.3) is 0 Å². The molecule has 0 bridgehead atoms. The fourth-order valence-corrected chi connectivity index (χ4v) is 1.84. The van der Waals surface area contributed by atoms with Crippen LogP contribution in [0.25, 0.3) is 11.1 Å². The SMILES string of the molecule is Nc1ccc(-c2ccccc2Cl)cc1OC(F)F. The summed E-state index contributed by atoms with van der Waals surface area (Å²) in [7, 11) is 0. The van der Waals surface area contributed by atoms with Gasteiger partial charge in [-0.25, -0.2) is 0 Å². The molecule has 0 saturated carbocycles. The summed E-state index contributed by atoms with van der Waals surface area (Å²) in [5.41, 5.74) is 7.13. The molecule has 2 aromatic carbocycles. The highest BCUT2D eigenvalue weighted by Gasteiger charge is 2.10. The Morgan fingerprint density at radius 3 is 2.50 bits per heavy atom. The maximum atomic E-state index is 12.2. The average molecular weight is 270 g/mol. The summed E-state index contributed by atoms with van der Waals surface area (Å²) >= 11 is 6.04. The van der Waals surface area contributed by atoms with Crippen molar-refractivity contribution in [1.82, 2.24) is 0 Å². The van der Waals surface area contributed by atoms with E-state index in [2.05, 4.69) is 4.74 Å². The lowest BCUT2D eigenvalue weighted by atomic mass is 10.0. The molecule has 0 aliphatic heterocycles. The van der Waals surface area contributed by atoms with Crippen molar-refractivity contribution < 1.29 is 13.5 Å². The Morgan fingerprint density at radius 1 is 1.11 bits per heavy atom. The van der Waals surface area contributed by atoms with Crippen LogP contribution in [-0.4, -0.2) is 6.61 Å². The number of anilines is 1. The van der Waals surface area contributed by atoms with Crippen molar-refractivity contribution in [2.75, 3.05) is 5.73 Å². The normalized spacial score (nSPS) is 10.7. The smallest absolute Gasteiger partial charge is 0.387 e. The summed E-state index contributed by atoms with van der Waals surface area (Å²) in [6.45, 7) is -2.91. The minimum atomic E-state index is -2.91. The van der Waals surface area contributed by atoms with Gasteiger partial charge in [-0.15, -0.1) is 0 Å². The van der Waals surface area contributed by atoms with Crippen LogP contribution in [0.4, 0.5) is 14.5 Å². The Bertz CT molecular complexity index is 560. The van der Waals surface area contributed by atoms with Crippen molar-refractivity contribution in [3.8, 4) is 16.9 Å². The first-order valence-electron chi connectivity index (χ1n) is 5.17. The van der Waals surface area contributed by atoms with Crippen LogP contribution >= 0.6 is 11.6 Å². The van der Waals surface area contributed by atoms with E-state index in [4.69, 9.17) is 17.3 Å². The zero-order valence-electron chi connectivity index (χ0n) is 9.24. The van der Waals surface area contributed by atoms with Crippen LogP contribution in [0.3, 0.4) is 0 Å². The number of halogens is 3. The van der Waals surface area contributed by atoms with E-state index in [1.165, 1.54) is 12.1 Å². The lowest BCUT2D eigenvalue weighted by Gasteiger charge is -2.10. The van der Waals surface area contributed by atoms with E-state index >= 15 is 0 Å². The van der Waals surface area contributed by atoms with Crippen LogP contribution in [-0.2, 0) is 0 Å². The fraction of sp³-hybridized carbons (Fsp3) is 0.0769. The maximum absolute atomic E-state index is 12.2. The maximum Gasteiger partial charge on any atom is 0.387 e. The first kappa shape index (κ1) is 12.6. The first-order valence-corrected chi connectivity index (χ1v) is 5.55. The van der Waals surface area contributed by atoms with Crippen LogP contribution in [0.2, 0.25) is 5.02 Å². The molecule has 0 aliphatic carbocycles. The Labute approximate surface area is 108 Å². The molecule has 18 heavy (non-hydrogen) atoms. The number of rotatable bonds is 3. The van der Waals surface area contributed by atoms with Crippen molar-refractivity contribution in [1.29, 1.82) is 0 Å². The van der Waals surface area contributed by atoms with E-state index in [9.17, 15) is 8.78 Å². The molecule has 0 aromatic heterocycles. The third-order valence-electron chi connectivity index (χ3n) is 2.41. The molecule has 0 spiro atoms. The third kappa shape index (κ3) is 2.71. The standard InChI is InChI=1S/C13H10ClF2NO/c14-10-4-2-1-3-9(10)8-5-6-11(17)12(7-8)18-13(15)16/h1-7,13H,17H2. The number of ether oxygens (including phenoxy) is 1. The average Bonchev–Trinajstić information content (AvgIpc) is 2.32. The lowest BCUT2D eigenvalue weighted by molar-refractivity contribution is -0.0492. The zero-order chi connectivity index (χ0) is 13.1. The van der Waals surface area contributed by atoms with Gasteiger partial charge in [0.2, 0.25) is 0 Å². The number of nitrogens with two attached hydrogens (primary N) is 1. The highest BCUT2D eigenvalue weighted by molar-refractivity contribution is 6.33. The van der Waals surface area contributed by atoms with Crippen LogP contribution in [0.5, 0.6) is 5.75 Å². The predicted molar refractivity (Wildman–Crippen MR) is 67.9 cm³/mol. The highest BCUT2D eigenvalue weighted by atomic mass is 35.5. The summed E-state index contributed by atoms with van der Waals surface area (Å²) in [5, 5.41) is 0.533. The van der Waals surface area contributed by atoms with Gasteiger partial charge in [-0.1, -0.05) is 35.9 Å². The number of hydrogen-bond acceptors (Lipinski definition) is 2. The molecule has 0 radical (unpaired) electrons. The molecule has 0 atom stereocenters. The highest BCUT2D eigenvalue weighted by Crippen LogP contribution is 2.33. The van der Waals surface area contributed by atoms with Gasteiger partial charge in [0.1, 0.15) is 5.75 Å². The summed E-state index contributed by atoms with van der Waals surface area (Å²) in [5.74, 6) is -0.0533. The molecule has 94 valence electrons. The molecular weight excluding hydrogens is 260 g/mol. The third-order valence-corrected chi connectivity index (χ3v) is 2.74. The molecule has 2 aromatic rings. The fourth-order valence-electron chi connectivity index (χ4n) is 1.60. The van der Waals surface area contributed by atoms with Crippen molar-refractivity contribution in [2.24, 2.45) is 0 Å². The number of nitrogen functional groups attached to an aromatic ring is 1.